The fraction of sp³-hybridized carbons (Fsp3) is 0.263. The van der Waals surface area contributed by atoms with Crippen LogP contribution in [0.3, 0.4) is 0 Å². The minimum atomic E-state index is -0.235. The molecule has 1 aliphatic rings. The Bertz CT molecular complexity index is 804. The summed E-state index contributed by atoms with van der Waals surface area (Å²) in [5.41, 5.74) is 2.65. The predicted octanol–water partition coefficient (Wildman–Crippen LogP) is 2.71. The van der Waals surface area contributed by atoms with Gasteiger partial charge in [0.15, 0.2) is 11.5 Å². The van der Waals surface area contributed by atoms with Crippen molar-refractivity contribution in [1.29, 1.82) is 0 Å². The van der Waals surface area contributed by atoms with E-state index in [0.29, 0.717) is 18.0 Å². The fourth-order valence-electron chi connectivity index (χ4n) is 2.63. The lowest BCUT2D eigenvalue weighted by atomic mass is 10.2. The van der Waals surface area contributed by atoms with E-state index in [1.807, 2.05) is 49.4 Å². The van der Waals surface area contributed by atoms with Crippen molar-refractivity contribution in [3.05, 3.63) is 53.6 Å². The number of nitrogens with zero attached hydrogens (tertiary/aromatic N) is 1. The van der Waals surface area contributed by atoms with Crippen molar-refractivity contribution in [3.63, 3.8) is 0 Å². The highest BCUT2D eigenvalue weighted by molar-refractivity contribution is 5.94. The van der Waals surface area contributed by atoms with E-state index >= 15 is 0 Å². The summed E-state index contributed by atoms with van der Waals surface area (Å²) < 4.78 is 10.6. The van der Waals surface area contributed by atoms with Crippen LogP contribution in [0.5, 0.6) is 11.5 Å². The molecule has 0 saturated carbocycles. The van der Waals surface area contributed by atoms with Gasteiger partial charge in [0, 0.05) is 19.2 Å². The van der Waals surface area contributed by atoms with Gasteiger partial charge in [0.25, 0.3) is 0 Å². The Labute approximate surface area is 146 Å². The highest BCUT2D eigenvalue weighted by atomic mass is 16.7. The zero-order valence-corrected chi connectivity index (χ0v) is 14.2. The van der Waals surface area contributed by atoms with Gasteiger partial charge in [0.1, 0.15) is 6.54 Å². The summed E-state index contributed by atoms with van der Waals surface area (Å²) in [6, 6.07) is 13.0. The molecule has 2 amide bonds. The van der Waals surface area contributed by atoms with Crippen LogP contribution in [0.2, 0.25) is 0 Å². The summed E-state index contributed by atoms with van der Waals surface area (Å²) in [6.45, 7) is 3.92. The van der Waals surface area contributed by atoms with E-state index < -0.39 is 0 Å². The van der Waals surface area contributed by atoms with Gasteiger partial charge in [-0.3, -0.25) is 9.59 Å². The van der Waals surface area contributed by atoms with Gasteiger partial charge in [0.2, 0.25) is 18.6 Å². The SMILES string of the molecule is CC(=O)N(CC(=O)Nc1cccc(C)c1)Cc1ccc2c(c1)OCO2. The Balaban J connectivity index is 1.65. The van der Waals surface area contributed by atoms with Crippen molar-refractivity contribution < 1.29 is 19.1 Å². The van der Waals surface area contributed by atoms with Gasteiger partial charge in [-0.15, -0.1) is 0 Å². The first-order chi connectivity index (χ1) is 12.0. The van der Waals surface area contributed by atoms with Crippen LogP contribution in [0.4, 0.5) is 5.69 Å². The van der Waals surface area contributed by atoms with Crippen molar-refractivity contribution in [1.82, 2.24) is 4.90 Å². The van der Waals surface area contributed by atoms with E-state index in [9.17, 15) is 9.59 Å². The molecule has 0 fully saturated rings. The third kappa shape index (κ3) is 4.29. The summed E-state index contributed by atoms with van der Waals surface area (Å²) in [4.78, 5) is 25.7. The van der Waals surface area contributed by atoms with Gasteiger partial charge < -0.3 is 19.7 Å². The second-order valence-corrected chi connectivity index (χ2v) is 5.98. The molecule has 0 spiro atoms. The first kappa shape index (κ1) is 16.8. The normalized spacial score (nSPS) is 11.9. The van der Waals surface area contributed by atoms with Gasteiger partial charge in [-0.1, -0.05) is 18.2 Å². The Kier molecular flexibility index (Phi) is 4.88. The predicted molar refractivity (Wildman–Crippen MR) is 93.5 cm³/mol. The number of ether oxygens (including phenoxy) is 2. The second-order valence-electron chi connectivity index (χ2n) is 5.98. The zero-order valence-electron chi connectivity index (χ0n) is 14.2. The molecule has 0 bridgehead atoms. The van der Waals surface area contributed by atoms with E-state index in [4.69, 9.17) is 9.47 Å². The highest BCUT2D eigenvalue weighted by Gasteiger charge is 2.17. The lowest BCUT2D eigenvalue weighted by molar-refractivity contribution is -0.133. The van der Waals surface area contributed by atoms with Crippen molar-refractivity contribution >= 4 is 17.5 Å². The monoisotopic (exact) mass is 340 g/mol. The standard InChI is InChI=1S/C19H20N2O4/c1-13-4-3-5-16(8-13)20-19(23)11-21(14(2)22)10-15-6-7-17-18(9-15)25-12-24-17/h3-9H,10-12H2,1-2H3,(H,20,23). The Morgan fingerprint density at radius 2 is 1.92 bits per heavy atom. The molecule has 1 N–H and O–H groups in total. The maximum atomic E-state index is 12.3. The summed E-state index contributed by atoms with van der Waals surface area (Å²) in [7, 11) is 0. The van der Waals surface area contributed by atoms with Gasteiger partial charge >= 0.3 is 0 Å². The van der Waals surface area contributed by atoms with Crippen molar-refractivity contribution in [2.24, 2.45) is 0 Å². The number of aryl methyl sites for hydroxylation is 1. The smallest absolute Gasteiger partial charge is 0.244 e. The van der Waals surface area contributed by atoms with Crippen molar-refractivity contribution in [2.75, 3.05) is 18.7 Å². The van der Waals surface area contributed by atoms with Gasteiger partial charge in [-0.05, 0) is 42.3 Å². The Hall–Kier alpha value is -3.02. The second kappa shape index (κ2) is 7.25. The van der Waals surface area contributed by atoms with E-state index in [1.54, 1.807) is 0 Å². The third-order valence-corrected chi connectivity index (χ3v) is 3.89. The molecule has 130 valence electrons. The van der Waals surface area contributed by atoms with Crippen LogP contribution < -0.4 is 14.8 Å². The lowest BCUT2D eigenvalue weighted by Crippen LogP contribution is -2.36. The largest absolute Gasteiger partial charge is 0.454 e. The number of nitrogens with one attached hydrogen (secondary N) is 1. The minimum Gasteiger partial charge on any atom is -0.454 e. The summed E-state index contributed by atoms with van der Waals surface area (Å²) in [5, 5.41) is 2.82. The molecule has 0 aliphatic carbocycles. The molecule has 2 aromatic carbocycles. The van der Waals surface area contributed by atoms with Crippen LogP contribution in [-0.4, -0.2) is 30.1 Å². The average Bonchev–Trinajstić information content (AvgIpc) is 3.01. The number of hydrogen-bond acceptors (Lipinski definition) is 4. The zero-order chi connectivity index (χ0) is 17.8. The van der Waals surface area contributed by atoms with Gasteiger partial charge in [0.05, 0.1) is 0 Å². The first-order valence-electron chi connectivity index (χ1n) is 8.02. The summed E-state index contributed by atoms with van der Waals surface area (Å²) in [6.07, 6.45) is 0. The van der Waals surface area contributed by atoms with E-state index in [1.165, 1.54) is 11.8 Å². The quantitative estimate of drug-likeness (QED) is 0.909. The van der Waals surface area contributed by atoms with E-state index in [0.717, 1.165) is 16.8 Å². The molecule has 0 atom stereocenters. The van der Waals surface area contributed by atoms with Crippen molar-refractivity contribution in [2.45, 2.75) is 20.4 Å². The Morgan fingerprint density at radius 1 is 1.12 bits per heavy atom. The number of rotatable bonds is 5. The maximum Gasteiger partial charge on any atom is 0.244 e. The molecule has 2 aromatic rings. The van der Waals surface area contributed by atoms with Gasteiger partial charge in [-0.2, -0.15) is 0 Å². The molecule has 25 heavy (non-hydrogen) atoms. The fourth-order valence-corrected chi connectivity index (χ4v) is 2.63. The van der Waals surface area contributed by atoms with E-state index in [2.05, 4.69) is 5.32 Å². The molecule has 3 rings (SSSR count). The number of benzene rings is 2. The molecule has 1 heterocycles. The van der Waals surface area contributed by atoms with Gasteiger partial charge in [-0.25, -0.2) is 0 Å². The van der Waals surface area contributed by atoms with Crippen LogP contribution in [-0.2, 0) is 16.1 Å². The molecule has 6 heteroatoms. The number of amides is 2. The molecule has 0 aromatic heterocycles. The third-order valence-electron chi connectivity index (χ3n) is 3.89. The van der Waals surface area contributed by atoms with E-state index in [-0.39, 0.29) is 25.2 Å². The highest BCUT2D eigenvalue weighted by Crippen LogP contribution is 2.32. The van der Waals surface area contributed by atoms with Crippen molar-refractivity contribution in [3.8, 4) is 11.5 Å². The molecular weight excluding hydrogens is 320 g/mol. The molecule has 0 radical (unpaired) electrons. The number of hydrogen-bond donors (Lipinski definition) is 1. The molecule has 0 unspecified atom stereocenters. The molecule has 0 saturated heterocycles. The lowest BCUT2D eigenvalue weighted by Gasteiger charge is -2.21. The van der Waals surface area contributed by atoms with Crippen LogP contribution in [0, 0.1) is 6.92 Å². The minimum absolute atomic E-state index is 0.0162. The average molecular weight is 340 g/mol. The molecule has 1 aliphatic heterocycles. The first-order valence-corrected chi connectivity index (χ1v) is 8.02. The number of fused-ring (bicyclic) bond motifs is 1. The van der Waals surface area contributed by atoms with Crippen LogP contribution >= 0.6 is 0 Å². The molecular formula is C19H20N2O4. The molecule has 6 nitrogen and oxygen atoms in total. The summed E-state index contributed by atoms with van der Waals surface area (Å²) in [5.74, 6) is 0.944. The number of anilines is 1. The van der Waals surface area contributed by atoms with Crippen LogP contribution in [0.25, 0.3) is 0 Å². The van der Waals surface area contributed by atoms with Crippen LogP contribution in [0.1, 0.15) is 18.1 Å². The number of carbonyl (C=O) groups excluding carboxylic acids is 2. The number of carbonyl (C=O) groups is 2. The van der Waals surface area contributed by atoms with Crippen LogP contribution in [0.15, 0.2) is 42.5 Å². The maximum absolute atomic E-state index is 12.3. The topological polar surface area (TPSA) is 67.9 Å². The summed E-state index contributed by atoms with van der Waals surface area (Å²) >= 11 is 0. The Morgan fingerprint density at radius 3 is 2.68 bits per heavy atom.